The maximum Gasteiger partial charge on any atom is 0.319 e. The third-order valence-corrected chi connectivity index (χ3v) is 7.73. The van der Waals surface area contributed by atoms with Crippen molar-refractivity contribution in [3.63, 3.8) is 0 Å². The summed E-state index contributed by atoms with van der Waals surface area (Å²) in [6.45, 7) is 8.85. The molecule has 0 fully saturated rings. The lowest BCUT2D eigenvalue weighted by Crippen LogP contribution is -2.49. The van der Waals surface area contributed by atoms with Crippen molar-refractivity contribution in [3.8, 4) is 5.75 Å². The number of ether oxygens (including phenoxy) is 1. The number of aliphatic hydroxyl groups is 1. The van der Waals surface area contributed by atoms with Gasteiger partial charge in [-0.2, -0.15) is 0 Å². The summed E-state index contributed by atoms with van der Waals surface area (Å²) < 4.78 is 6.59. The summed E-state index contributed by atoms with van der Waals surface area (Å²) in [5, 5.41) is 18.4. The van der Waals surface area contributed by atoms with Crippen molar-refractivity contribution in [2.24, 2.45) is 5.92 Å². The monoisotopic (exact) mass is 616 g/mol. The molecule has 0 aromatic heterocycles. The van der Waals surface area contributed by atoms with Crippen LogP contribution in [0.4, 0.5) is 21.9 Å². The van der Waals surface area contributed by atoms with Crippen LogP contribution in [0.15, 0.2) is 66.7 Å². The average Bonchev–Trinajstić information content (AvgIpc) is 3.00. The average molecular weight is 617 g/mol. The molecule has 0 spiro atoms. The van der Waals surface area contributed by atoms with E-state index in [2.05, 4.69) is 20.9 Å². The van der Waals surface area contributed by atoms with Crippen LogP contribution in [0.1, 0.15) is 54.0 Å². The molecule has 3 aromatic carbocycles. The quantitative estimate of drug-likeness (QED) is 0.212. The van der Waals surface area contributed by atoms with Gasteiger partial charge in [-0.05, 0) is 69.8 Å². The smallest absolute Gasteiger partial charge is 0.319 e. The zero-order valence-corrected chi connectivity index (χ0v) is 26.5. The van der Waals surface area contributed by atoms with Crippen LogP contribution in [0.25, 0.3) is 0 Å². The van der Waals surface area contributed by atoms with Gasteiger partial charge in [0.05, 0.1) is 35.3 Å². The molecule has 0 unspecified atom stereocenters. The van der Waals surface area contributed by atoms with E-state index >= 15 is 0 Å². The van der Waals surface area contributed by atoms with E-state index in [1.807, 2.05) is 59.0 Å². The lowest BCUT2D eigenvalue weighted by molar-refractivity contribution is 0.0343. The molecule has 0 saturated carbocycles. The highest BCUT2D eigenvalue weighted by molar-refractivity contribution is 6.05. The number of carbonyl (C=O) groups excluding carboxylic acids is 3. The summed E-state index contributed by atoms with van der Waals surface area (Å²) in [5.74, 6) is -0.313. The van der Waals surface area contributed by atoms with Crippen LogP contribution < -0.4 is 26.4 Å². The Morgan fingerprint density at radius 3 is 2.38 bits per heavy atom. The number of nitrogens with zero attached hydrogens (tertiary/aromatic N) is 2. The molecule has 6 N–H and O–H groups in total. The zero-order valence-electron chi connectivity index (χ0n) is 26.5. The van der Waals surface area contributed by atoms with Crippen molar-refractivity contribution in [2.75, 3.05) is 43.1 Å². The van der Waals surface area contributed by atoms with Gasteiger partial charge in [0.2, 0.25) is 0 Å². The van der Waals surface area contributed by atoms with Gasteiger partial charge in [-0.25, -0.2) is 4.79 Å². The second kappa shape index (κ2) is 14.9. The van der Waals surface area contributed by atoms with Crippen LogP contribution in [0.5, 0.6) is 5.75 Å². The first-order chi connectivity index (χ1) is 21.5. The van der Waals surface area contributed by atoms with Crippen LogP contribution in [0, 0.1) is 5.92 Å². The molecule has 240 valence electrons. The maximum atomic E-state index is 13.7. The fourth-order valence-electron chi connectivity index (χ4n) is 5.23. The predicted octanol–water partition coefficient (Wildman–Crippen LogP) is 4.40. The summed E-state index contributed by atoms with van der Waals surface area (Å²) in [7, 11) is 1.98. The van der Waals surface area contributed by atoms with Gasteiger partial charge in [0.15, 0.2) is 5.75 Å². The molecule has 1 aliphatic heterocycles. The van der Waals surface area contributed by atoms with E-state index in [1.54, 1.807) is 47.4 Å². The Hall–Kier alpha value is -4.61. The van der Waals surface area contributed by atoms with Crippen LogP contribution in [-0.4, -0.2) is 77.7 Å². The molecule has 11 heteroatoms. The number of para-hydroxylation sites is 3. The van der Waals surface area contributed by atoms with Crippen molar-refractivity contribution in [3.05, 3.63) is 83.4 Å². The van der Waals surface area contributed by atoms with Crippen molar-refractivity contribution in [1.82, 2.24) is 15.1 Å². The molecule has 4 amide bonds. The first-order valence-corrected chi connectivity index (χ1v) is 15.2. The summed E-state index contributed by atoms with van der Waals surface area (Å²) >= 11 is 0. The van der Waals surface area contributed by atoms with Crippen LogP contribution in [0.2, 0.25) is 0 Å². The molecule has 0 bridgehead atoms. The minimum Gasteiger partial charge on any atom is -0.486 e. The van der Waals surface area contributed by atoms with Gasteiger partial charge in [0.25, 0.3) is 11.8 Å². The number of nitrogens with two attached hydrogens (primary N) is 1. The van der Waals surface area contributed by atoms with Gasteiger partial charge < -0.3 is 36.4 Å². The molecule has 3 atom stereocenters. The van der Waals surface area contributed by atoms with Gasteiger partial charge in [0.1, 0.15) is 6.10 Å². The molecule has 11 nitrogen and oxygen atoms in total. The third-order valence-electron chi connectivity index (χ3n) is 7.73. The molecular formula is C34H44N6O5. The number of amides is 4. The topological polar surface area (TPSA) is 149 Å². The Balaban J connectivity index is 1.52. The number of aliphatic hydroxyl groups excluding tert-OH is 1. The van der Waals surface area contributed by atoms with E-state index in [1.165, 1.54) is 0 Å². The van der Waals surface area contributed by atoms with E-state index in [0.29, 0.717) is 53.6 Å². The van der Waals surface area contributed by atoms with Crippen LogP contribution in [0.3, 0.4) is 0 Å². The highest BCUT2D eigenvalue weighted by Crippen LogP contribution is 2.35. The Labute approximate surface area is 264 Å². The van der Waals surface area contributed by atoms with Gasteiger partial charge in [-0.15, -0.1) is 0 Å². The first-order valence-electron chi connectivity index (χ1n) is 15.2. The number of nitrogens with one attached hydrogen (secondary N) is 3. The van der Waals surface area contributed by atoms with E-state index < -0.39 is 12.1 Å². The summed E-state index contributed by atoms with van der Waals surface area (Å²) in [6, 6.07) is 18.7. The zero-order chi connectivity index (χ0) is 32.7. The Kier molecular flexibility index (Phi) is 11.0. The van der Waals surface area contributed by atoms with Gasteiger partial charge in [-0.1, -0.05) is 37.3 Å². The second-order valence-corrected chi connectivity index (χ2v) is 12.0. The number of carbonyl (C=O) groups is 3. The fraction of sp³-hybridized carbons (Fsp3) is 0.382. The van der Waals surface area contributed by atoms with E-state index in [4.69, 9.17) is 10.5 Å². The molecule has 1 aliphatic rings. The maximum absolute atomic E-state index is 13.7. The standard InChI is InChI=1S/C34H44N6O5/c1-21(2)36-34(44)38-29-12-8-9-26-31(29)45-30(22(3)17-40(33(26)43)23(4)20-41)19-39(5)18-24-13-15-25(16-14-24)32(42)37-28-11-7-6-10-27(28)35/h6-16,21-23,30,41H,17-20,35H2,1-5H3,(H,37,42)(H2,36,38,44)/t22-,23-,30-/m0/s1. The van der Waals surface area contributed by atoms with Crippen molar-refractivity contribution in [1.29, 1.82) is 0 Å². The number of urea groups is 1. The normalized spacial score (nSPS) is 17.2. The Morgan fingerprint density at radius 2 is 1.71 bits per heavy atom. The molecule has 1 heterocycles. The lowest BCUT2D eigenvalue weighted by atomic mass is 9.98. The highest BCUT2D eigenvalue weighted by atomic mass is 16.5. The number of nitrogen functional groups attached to an aromatic ring is 1. The minimum absolute atomic E-state index is 0.0773. The van der Waals surface area contributed by atoms with Gasteiger partial charge in [-0.3, -0.25) is 14.5 Å². The minimum atomic E-state index is -0.404. The summed E-state index contributed by atoms with van der Waals surface area (Å²) in [6.07, 6.45) is -0.354. The number of hydrogen-bond donors (Lipinski definition) is 5. The predicted molar refractivity (Wildman–Crippen MR) is 176 cm³/mol. The van der Waals surface area contributed by atoms with E-state index in [-0.39, 0.29) is 36.5 Å². The number of benzene rings is 3. The van der Waals surface area contributed by atoms with Gasteiger partial charge >= 0.3 is 6.03 Å². The van der Waals surface area contributed by atoms with E-state index in [0.717, 1.165) is 5.56 Å². The second-order valence-electron chi connectivity index (χ2n) is 12.0. The van der Waals surface area contributed by atoms with Crippen LogP contribution >= 0.6 is 0 Å². The fourth-order valence-corrected chi connectivity index (χ4v) is 5.23. The molecule has 45 heavy (non-hydrogen) atoms. The molecule has 3 aromatic rings. The van der Waals surface area contributed by atoms with Crippen molar-refractivity contribution in [2.45, 2.75) is 52.4 Å². The molecular weight excluding hydrogens is 572 g/mol. The van der Waals surface area contributed by atoms with Crippen LogP contribution in [-0.2, 0) is 6.54 Å². The third kappa shape index (κ3) is 8.52. The SMILES string of the molecule is CC(C)NC(=O)Nc1cccc2c1O[C@@H](CN(C)Cc1ccc(C(=O)Nc3ccccc3N)cc1)[C@@H](C)CN([C@@H](C)CO)C2=O. The Bertz CT molecular complexity index is 1490. The van der Waals surface area contributed by atoms with Gasteiger partial charge in [0, 0.05) is 37.2 Å². The number of fused-ring (bicyclic) bond motifs is 1. The summed E-state index contributed by atoms with van der Waals surface area (Å²) in [5.41, 5.74) is 9.26. The number of hydrogen-bond acceptors (Lipinski definition) is 7. The lowest BCUT2D eigenvalue weighted by Gasteiger charge is -2.38. The molecule has 0 aliphatic carbocycles. The van der Waals surface area contributed by atoms with Crippen molar-refractivity contribution < 1.29 is 24.2 Å². The largest absolute Gasteiger partial charge is 0.486 e. The van der Waals surface area contributed by atoms with E-state index in [9.17, 15) is 19.5 Å². The Morgan fingerprint density at radius 1 is 1.02 bits per heavy atom. The summed E-state index contributed by atoms with van der Waals surface area (Å²) in [4.78, 5) is 42.8. The molecule has 4 rings (SSSR count). The number of anilines is 3. The molecule has 0 saturated heterocycles. The number of likely N-dealkylation sites (N-methyl/N-ethyl adjacent to an activating group) is 1. The van der Waals surface area contributed by atoms with Crippen molar-refractivity contribution >= 4 is 34.9 Å². The first kappa shape index (κ1) is 33.3. The molecule has 0 radical (unpaired) electrons. The highest BCUT2D eigenvalue weighted by Gasteiger charge is 2.34. The number of rotatable bonds is 10.